The van der Waals surface area contributed by atoms with Crippen molar-refractivity contribution in [3.63, 3.8) is 0 Å². The topological polar surface area (TPSA) is 72.2 Å². The van der Waals surface area contributed by atoms with Crippen LogP contribution >= 0.6 is 0 Å². The van der Waals surface area contributed by atoms with Crippen molar-refractivity contribution in [1.82, 2.24) is 5.32 Å². The zero-order valence-electron chi connectivity index (χ0n) is 9.93. The molecular formula is C11H22N2O2. The highest BCUT2D eigenvalue weighted by Crippen LogP contribution is 2.15. The van der Waals surface area contributed by atoms with E-state index in [1.807, 2.05) is 0 Å². The van der Waals surface area contributed by atoms with Crippen molar-refractivity contribution in [3.05, 3.63) is 0 Å². The summed E-state index contributed by atoms with van der Waals surface area (Å²) >= 11 is 0. The fraction of sp³-hybridized carbons (Fsp3) is 0.818. The molecule has 0 fully saturated rings. The lowest BCUT2D eigenvalue weighted by Gasteiger charge is -2.28. The third-order valence-corrected chi connectivity index (χ3v) is 2.64. The summed E-state index contributed by atoms with van der Waals surface area (Å²) in [5.74, 6) is -0.0817. The van der Waals surface area contributed by atoms with E-state index in [2.05, 4.69) is 5.32 Å². The quantitative estimate of drug-likeness (QED) is 0.621. The molecule has 0 aromatic heterocycles. The molecular weight excluding hydrogens is 192 g/mol. The van der Waals surface area contributed by atoms with E-state index in [0.717, 1.165) is 12.8 Å². The minimum atomic E-state index is -0.720. The van der Waals surface area contributed by atoms with Crippen LogP contribution in [0.3, 0.4) is 0 Å². The molecule has 1 amide bonds. The fourth-order valence-corrected chi connectivity index (χ4v) is 1.35. The normalized spacial score (nSPS) is 14.4. The van der Waals surface area contributed by atoms with Crippen molar-refractivity contribution in [3.8, 4) is 0 Å². The zero-order valence-corrected chi connectivity index (χ0v) is 9.93. The highest BCUT2D eigenvalue weighted by molar-refractivity contribution is 5.90. The number of carbonyl (C=O) groups is 2. The van der Waals surface area contributed by atoms with Crippen molar-refractivity contribution in [1.29, 1.82) is 0 Å². The Labute approximate surface area is 91.6 Å². The molecule has 0 saturated carbocycles. The SMILES string of the molecule is CCC(=O)NC(C)(CCCCN)C(C)=O. The summed E-state index contributed by atoms with van der Waals surface area (Å²) in [4.78, 5) is 22.7. The van der Waals surface area contributed by atoms with Gasteiger partial charge in [-0.2, -0.15) is 0 Å². The average Bonchev–Trinajstić information content (AvgIpc) is 2.17. The summed E-state index contributed by atoms with van der Waals surface area (Å²) in [7, 11) is 0. The second-order valence-corrected chi connectivity index (χ2v) is 4.04. The van der Waals surface area contributed by atoms with E-state index in [0.29, 0.717) is 19.4 Å². The largest absolute Gasteiger partial charge is 0.344 e. The predicted octanol–water partition coefficient (Wildman–Crippen LogP) is 0.989. The Hall–Kier alpha value is -0.900. The first kappa shape index (κ1) is 14.1. The third kappa shape index (κ3) is 4.93. The lowest BCUT2D eigenvalue weighted by Crippen LogP contribution is -2.51. The van der Waals surface area contributed by atoms with E-state index in [9.17, 15) is 9.59 Å². The number of amides is 1. The van der Waals surface area contributed by atoms with Gasteiger partial charge in [0.1, 0.15) is 0 Å². The number of nitrogens with two attached hydrogens (primary N) is 1. The van der Waals surface area contributed by atoms with Crippen LogP contribution in [0.25, 0.3) is 0 Å². The van der Waals surface area contributed by atoms with Crippen LogP contribution in [0, 0.1) is 0 Å². The second kappa shape index (κ2) is 6.56. The van der Waals surface area contributed by atoms with E-state index >= 15 is 0 Å². The van der Waals surface area contributed by atoms with Gasteiger partial charge in [0.2, 0.25) is 5.91 Å². The molecule has 4 heteroatoms. The number of ketones is 1. The Bertz CT molecular complexity index is 229. The summed E-state index contributed by atoms with van der Waals surface area (Å²) in [6.45, 7) is 5.68. The second-order valence-electron chi connectivity index (χ2n) is 4.04. The first-order valence-corrected chi connectivity index (χ1v) is 5.48. The molecule has 4 nitrogen and oxygen atoms in total. The molecule has 0 radical (unpaired) electrons. The number of Topliss-reactive ketones (excluding diaryl/α,β-unsaturated/α-hetero) is 1. The zero-order chi connectivity index (χ0) is 11.9. The lowest BCUT2D eigenvalue weighted by molar-refractivity contribution is -0.130. The summed E-state index contributed by atoms with van der Waals surface area (Å²) in [5, 5.41) is 2.77. The summed E-state index contributed by atoms with van der Waals surface area (Å²) in [5.41, 5.74) is 4.67. The van der Waals surface area contributed by atoms with E-state index in [1.54, 1.807) is 13.8 Å². The van der Waals surface area contributed by atoms with Gasteiger partial charge >= 0.3 is 0 Å². The molecule has 0 bridgehead atoms. The van der Waals surface area contributed by atoms with Crippen LogP contribution < -0.4 is 11.1 Å². The van der Waals surface area contributed by atoms with Gasteiger partial charge in [-0.1, -0.05) is 6.92 Å². The molecule has 1 atom stereocenters. The maximum atomic E-state index is 11.5. The van der Waals surface area contributed by atoms with Gasteiger partial charge in [0.25, 0.3) is 0 Å². The molecule has 3 N–H and O–H groups in total. The molecule has 0 rings (SSSR count). The molecule has 1 unspecified atom stereocenters. The molecule has 0 spiro atoms. The summed E-state index contributed by atoms with van der Waals surface area (Å²) in [6, 6.07) is 0. The van der Waals surface area contributed by atoms with Gasteiger partial charge in [0.05, 0.1) is 5.54 Å². The number of hydrogen-bond donors (Lipinski definition) is 2. The molecule has 0 aromatic carbocycles. The van der Waals surface area contributed by atoms with Crippen LogP contribution in [0.15, 0.2) is 0 Å². The number of carbonyl (C=O) groups excluding carboxylic acids is 2. The first-order valence-electron chi connectivity index (χ1n) is 5.48. The standard InChI is InChI=1S/C11H22N2O2/c1-4-10(15)13-11(3,9(2)14)7-5-6-8-12/h4-8,12H2,1-3H3,(H,13,15). The van der Waals surface area contributed by atoms with E-state index < -0.39 is 5.54 Å². The predicted molar refractivity (Wildman–Crippen MR) is 60.4 cm³/mol. The van der Waals surface area contributed by atoms with Crippen molar-refractivity contribution < 1.29 is 9.59 Å². The number of hydrogen-bond acceptors (Lipinski definition) is 3. The Morgan fingerprint density at radius 2 is 1.93 bits per heavy atom. The van der Waals surface area contributed by atoms with E-state index in [-0.39, 0.29) is 11.7 Å². The molecule has 0 heterocycles. The van der Waals surface area contributed by atoms with E-state index in [4.69, 9.17) is 5.73 Å². The van der Waals surface area contributed by atoms with Gasteiger partial charge in [-0.25, -0.2) is 0 Å². The number of rotatable bonds is 7. The Kier molecular flexibility index (Phi) is 6.17. The third-order valence-electron chi connectivity index (χ3n) is 2.64. The smallest absolute Gasteiger partial charge is 0.220 e. The van der Waals surface area contributed by atoms with Gasteiger partial charge in [-0.3, -0.25) is 9.59 Å². The van der Waals surface area contributed by atoms with Crippen molar-refractivity contribution in [2.75, 3.05) is 6.54 Å². The van der Waals surface area contributed by atoms with Crippen LogP contribution in [0.5, 0.6) is 0 Å². The minimum Gasteiger partial charge on any atom is -0.344 e. The number of nitrogens with one attached hydrogen (secondary N) is 1. The molecule has 88 valence electrons. The van der Waals surface area contributed by atoms with Crippen molar-refractivity contribution in [2.24, 2.45) is 5.73 Å². The Morgan fingerprint density at radius 3 is 2.33 bits per heavy atom. The minimum absolute atomic E-state index is 0.00122. The first-order chi connectivity index (χ1) is 6.96. The Balaban J connectivity index is 4.32. The Morgan fingerprint density at radius 1 is 1.33 bits per heavy atom. The monoisotopic (exact) mass is 214 g/mol. The molecule has 15 heavy (non-hydrogen) atoms. The van der Waals surface area contributed by atoms with Crippen molar-refractivity contribution in [2.45, 2.75) is 52.0 Å². The number of unbranched alkanes of at least 4 members (excludes halogenated alkanes) is 1. The van der Waals surface area contributed by atoms with Crippen LogP contribution in [-0.2, 0) is 9.59 Å². The maximum Gasteiger partial charge on any atom is 0.220 e. The maximum absolute atomic E-state index is 11.5. The van der Waals surface area contributed by atoms with Gasteiger partial charge in [0, 0.05) is 6.42 Å². The highest BCUT2D eigenvalue weighted by atomic mass is 16.2. The van der Waals surface area contributed by atoms with Gasteiger partial charge in [-0.05, 0) is 39.7 Å². The van der Waals surface area contributed by atoms with E-state index in [1.165, 1.54) is 6.92 Å². The van der Waals surface area contributed by atoms with Crippen LogP contribution in [0.1, 0.15) is 46.5 Å². The summed E-state index contributed by atoms with van der Waals surface area (Å²) < 4.78 is 0. The van der Waals surface area contributed by atoms with Crippen LogP contribution in [0.4, 0.5) is 0 Å². The fourth-order valence-electron chi connectivity index (χ4n) is 1.35. The van der Waals surface area contributed by atoms with Crippen LogP contribution in [0.2, 0.25) is 0 Å². The van der Waals surface area contributed by atoms with Gasteiger partial charge in [-0.15, -0.1) is 0 Å². The highest BCUT2D eigenvalue weighted by Gasteiger charge is 2.30. The van der Waals surface area contributed by atoms with Crippen LogP contribution in [-0.4, -0.2) is 23.8 Å². The molecule has 0 aromatic rings. The summed E-state index contributed by atoms with van der Waals surface area (Å²) in [6.07, 6.45) is 2.80. The molecule has 0 aliphatic carbocycles. The lowest BCUT2D eigenvalue weighted by atomic mass is 9.90. The van der Waals surface area contributed by atoms with Crippen molar-refractivity contribution >= 4 is 11.7 Å². The molecule has 0 saturated heterocycles. The molecule has 0 aliphatic rings. The molecule has 0 aliphatic heterocycles. The van der Waals surface area contributed by atoms with Gasteiger partial charge in [0.15, 0.2) is 5.78 Å². The average molecular weight is 214 g/mol. The van der Waals surface area contributed by atoms with Gasteiger partial charge < -0.3 is 11.1 Å².